The van der Waals surface area contributed by atoms with E-state index in [-0.39, 0.29) is 13.1 Å². The quantitative estimate of drug-likeness (QED) is 0.330. The van der Waals surface area contributed by atoms with Gasteiger partial charge in [0, 0.05) is 0 Å². The van der Waals surface area contributed by atoms with Gasteiger partial charge in [0.25, 0.3) is 0 Å². The summed E-state index contributed by atoms with van der Waals surface area (Å²) in [6.07, 6.45) is 7.08. The first-order chi connectivity index (χ1) is 14.8. The van der Waals surface area contributed by atoms with Crippen molar-refractivity contribution in [2.24, 2.45) is 0 Å². The summed E-state index contributed by atoms with van der Waals surface area (Å²) in [5, 5.41) is 30.1. The van der Waals surface area contributed by atoms with E-state index >= 15 is 0 Å². The molecule has 0 amide bonds. The molecule has 0 unspecified atom stereocenters. The summed E-state index contributed by atoms with van der Waals surface area (Å²) >= 11 is 0.00694. The molecule has 2 N–H and O–H groups in total. The Bertz CT molecular complexity index is 306. The van der Waals surface area contributed by atoms with Gasteiger partial charge in [0.2, 0.25) is 0 Å². The van der Waals surface area contributed by atoms with Crippen LogP contribution in [-0.4, -0.2) is 91.6 Å². The zero-order valence-electron chi connectivity index (χ0n) is 18.8. The average Bonchev–Trinajstić information content (AvgIpc) is 2.75. The van der Waals surface area contributed by atoms with Crippen molar-refractivity contribution in [2.75, 3.05) is 79.5 Å². The van der Waals surface area contributed by atoms with Crippen molar-refractivity contribution >= 4 is 20.2 Å². The van der Waals surface area contributed by atoms with Crippen molar-refractivity contribution in [3.05, 3.63) is 26.6 Å². The predicted molar refractivity (Wildman–Crippen MR) is 131 cm³/mol. The normalized spacial score (nSPS) is 22.4. The Morgan fingerprint density at radius 3 is 1.67 bits per heavy atom. The molecular formula is C20H42Cl2MnN7-5. The first kappa shape index (κ1) is 30.8. The number of nitrogens with one attached hydrogen (secondary N) is 2. The van der Waals surface area contributed by atoms with E-state index < -0.39 is 0 Å². The zero-order chi connectivity index (χ0) is 22.1. The van der Waals surface area contributed by atoms with Gasteiger partial charge in [-0.25, -0.2) is 0 Å². The monoisotopic (exact) mass is 505 g/mol. The maximum atomic E-state index is 5.03. The Labute approximate surface area is 200 Å². The Morgan fingerprint density at radius 1 is 0.667 bits per heavy atom. The predicted octanol–water partition coefficient (Wildman–Crippen LogP) is 4.76. The van der Waals surface area contributed by atoms with Crippen molar-refractivity contribution < 1.29 is 13.1 Å². The van der Waals surface area contributed by atoms with Crippen molar-refractivity contribution in [1.29, 1.82) is 0 Å². The number of hydrogen-bond donors (Lipinski definition) is 2. The van der Waals surface area contributed by atoms with Gasteiger partial charge in [0.05, 0.1) is 0 Å². The van der Waals surface area contributed by atoms with E-state index in [9.17, 15) is 0 Å². The van der Waals surface area contributed by atoms with Gasteiger partial charge in [-0.1, -0.05) is 25.7 Å². The van der Waals surface area contributed by atoms with Crippen LogP contribution in [0.1, 0.15) is 38.5 Å². The summed E-state index contributed by atoms with van der Waals surface area (Å²) in [7, 11) is 13.6. The Morgan fingerprint density at radius 2 is 1.13 bits per heavy atom. The molecule has 10 heteroatoms. The Hall–Kier alpha value is 0.819. The molecule has 1 rings (SSSR count). The molecule has 183 valence electrons. The van der Waals surface area contributed by atoms with Gasteiger partial charge in [-0.2, -0.15) is 64.4 Å². The van der Waals surface area contributed by atoms with Crippen LogP contribution >= 0.6 is 20.2 Å². The molecular weight excluding hydrogens is 464 g/mol. The van der Waals surface area contributed by atoms with Crippen molar-refractivity contribution in [1.82, 2.24) is 10.6 Å². The molecule has 7 nitrogen and oxygen atoms in total. The van der Waals surface area contributed by atoms with E-state index in [0.29, 0.717) is 12.1 Å². The molecule has 1 aliphatic rings. The minimum atomic E-state index is 0.00694. The zero-order valence-corrected chi connectivity index (χ0v) is 21.5. The van der Waals surface area contributed by atoms with Crippen LogP contribution in [0.25, 0.3) is 26.6 Å². The first-order valence-corrected chi connectivity index (χ1v) is 14.4. The summed E-state index contributed by atoms with van der Waals surface area (Å²) in [5.41, 5.74) is 0. The summed E-state index contributed by atoms with van der Waals surface area (Å²) in [6.45, 7) is 8.76. The van der Waals surface area contributed by atoms with E-state index in [0.717, 1.165) is 78.3 Å². The van der Waals surface area contributed by atoms with Crippen molar-refractivity contribution in [3.8, 4) is 0 Å². The average molecular weight is 506 g/mol. The molecule has 30 heavy (non-hydrogen) atoms. The van der Waals surface area contributed by atoms with Gasteiger partial charge >= 0.3 is 33.3 Å². The molecule has 0 aromatic rings. The molecule has 0 spiro atoms. The van der Waals surface area contributed by atoms with Crippen LogP contribution in [0.3, 0.4) is 0 Å². The van der Waals surface area contributed by atoms with E-state index in [1.165, 1.54) is 25.7 Å². The summed E-state index contributed by atoms with van der Waals surface area (Å²) < 4.78 is 0. The summed E-state index contributed by atoms with van der Waals surface area (Å²) in [6, 6.07) is 0.679. The van der Waals surface area contributed by atoms with Crippen LogP contribution in [0, 0.1) is 0 Å². The van der Waals surface area contributed by atoms with E-state index in [1.54, 1.807) is 0 Å². The van der Waals surface area contributed by atoms with Crippen molar-refractivity contribution in [2.45, 2.75) is 50.6 Å². The van der Waals surface area contributed by atoms with Crippen LogP contribution in [0.15, 0.2) is 0 Å². The van der Waals surface area contributed by atoms with Gasteiger partial charge < -0.3 is 37.2 Å². The Kier molecular flexibility index (Phi) is 26.8. The van der Waals surface area contributed by atoms with E-state index in [2.05, 4.69) is 21.3 Å². The number of unbranched alkanes of at least 4 members (excludes halogenated alkanes) is 2. The first-order valence-electron chi connectivity index (χ1n) is 11.2. The second-order valence-corrected chi connectivity index (χ2v) is 9.25. The van der Waals surface area contributed by atoms with Gasteiger partial charge in [-0.3, -0.25) is 0 Å². The van der Waals surface area contributed by atoms with Crippen LogP contribution in [0.5, 0.6) is 0 Å². The van der Waals surface area contributed by atoms with Gasteiger partial charge in [0.15, 0.2) is 0 Å². The van der Waals surface area contributed by atoms with Crippen LogP contribution in [0.4, 0.5) is 0 Å². The number of halogens is 2. The van der Waals surface area contributed by atoms with Crippen LogP contribution < -0.4 is 10.6 Å². The van der Waals surface area contributed by atoms with Gasteiger partial charge in [0.1, 0.15) is 0 Å². The Balaban J connectivity index is 0.00000263. The third-order valence-electron chi connectivity index (χ3n) is 4.82. The van der Waals surface area contributed by atoms with E-state index in [1.807, 2.05) is 14.1 Å². The van der Waals surface area contributed by atoms with Crippen molar-refractivity contribution in [3.63, 3.8) is 0 Å². The second-order valence-electron chi connectivity index (χ2n) is 7.30. The third-order valence-corrected chi connectivity index (χ3v) is 4.82. The molecule has 0 aromatic carbocycles. The molecule has 0 bridgehead atoms. The molecule has 2 atom stereocenters. The molecule has 0 saturated carbocycles. The molecule has 1 heterocycles. The molecule has 1 aliphatic heterocycles. The van der Waals surface area contributed by atoms with Crippen LogP contribution in [0.2, 0.25) is 0 Å². The molecule has 0 aliphatic carbocycles. The van der Waals surface area contributed by atoms with E-state index in [4.69, 9.17) is 36.1 Å². The molecule has 1 fully saturated rings. The SMILES string of the molecule is CNCCCC[C@@H]1C[N-]CC[N-]CC[N-]CC[N-][C@@H](CCCCNC)C[N-]1.[Cl][Mn][Cl]. The second kappa shape index (κ2) is 26.1. The number of rotatable bonds is 10. The summed E-state index contributed by atoms with van der Waals surface area (Å²) in [4.78, 5) is 0. The van der Waals surface area contributed by atoms with Gasteiger partial charge in [-0.15, -0.1) is 0 Å². The summed E-state index contributed by atoms with van der Waals surface area (Å²) in [5.74, 6) is 0. The fourth-order valence-electron chi connectivity index (χ4n) is 3.17. The topological polar surface area (TPSA) is 94.6 Å². The standard InChI is InChI=1S/C20H42N7.2ClH.Mn/c1-21-9-5-3-7-19-17-25-14-13-23-11-12-24-15-16-26-20(18-27-19)8-4-6-10-22-2;;;/h19-22H,3-18H2,1-2H3;2*1H;/q-5;;;+2/p-2/t19-,20+;;;/m1.../s1. The van der Waals surface area contributed by atoms with Gasteiger partial charge in [-0.05, 0) is 40.0 Å². The fraction of sp³-hybridized carbons (Fsp3) is 1.00. The molecule has 1 saturated heterocycles. The minimum absolute atomic E-state index is 0.00694. The third kappa shape index (κ3) is 22.0. The number of nitrogens with zero attached hydrogens (tertiary/aromatic N) is 5. The maximum absolute atomic E-state index is 5.03. The number of hydrogen-bond acceptors (Lipinski definition) is 2. The van der Waals surface area contributed by atoms with Crippen LogP contribution in [-0.2, 0) is 13.1 Å². The fourth-order valence-corrected chi connectivity index (χ4v) is 3.17. The molecule has 0 aromatic heterocycles. The molecule has 0 radical (unpaired) electrons.